The highest BCUT2D eigenvalue weighted by atomic mass is 15.1. The van der Waals surface area contributed by atoms with E-state index in [0.29, 0.717) is 17.1 Å². The standard InChI is InChI=1S/C53H53N9/c1-2-3-4-5-6-7-8-9-10-13-18-35-23-25-38(26-24-35)49-43-29-27-39(56-43)47(36-19-14-11-15-20-36)41-31-33-45(58-41)50(51-60-52(54)62-53(55)61-51)46-34-32-42(59-46)48(37-21-16-12-17-22-37)40-28-30-44(49)57-40/h11-12,14-17,19-34,56,59H,2-10,13,18H2,1H3,(H4,54,55,60,61,62). The first kappa shape index (κ1) is 40.3. The molecule has 2 aliphatic heterocycles. The van der Waals surface area contributed by atoms with Crippen LogP contribution in [0.3, 0.4) is 0 Å². The molecular formula is C53H53N9. The number of fused-ring (bicyclic) bond motifs is 8. The van der Waals surface area contributed by atoms with Crippen molar-refractivity contribution in [2.45, 2.75) is 77.6 Å². The number of benzene rings is 3. The molecule has 2 aliphatic rings. The summed E-state index contributed by atoms with van der Waals surface area (Å²) in [5.41, 5.74) is 27.1. The number of aromatic amines is 2. The number of aryl methyl sites for hydroxylation is 1. The van der Waals surface area contributed by atoms with Crippen molar-refractivity contribution in [3.8, 4) is 44.8 Å². The van der Waals surface area contributed by atoms with Gasteiger partial charge in [0, 0.05) is 33.2 Å². The van der Waals surface area contributed by atoms with Crippen molar-refractivity contribution in [2.75, 3.05) is 11.5 Å². The van der Waals surface area contributed by atoms with Gasteiger partial charge in [0.2, 0.25) is 11.9 Å². The first-order valence-corrected chi connectivity index (χ1v) is 22.2. The van der Waals surface area contributed by atoms with Gasteiger partial charge in [-0.2, -0.15) is 15.0 Å². The van der Waals surface area contributed by atoms with Gasteiger partial charge in [0.15, 0.2) is 5.82 Å². The first-order chi connectivity index (χ1) is 30.5. The van der Waals surface area contributed by atoms with Crippen molar-refractivity contribution in [1.82, 2.24) is 34.9 Å². The fourth-order valence-corrected chi connectivity index (χ4v) is 8.74. The Labute approximate surface area is 363 Å². The zero-order valence-corrected chi connectivity index (χ0v) is 35.4. The van der Waals surface area contributed by atoms with Crippen molar-refractivity contribution in [2.24, 2.45) is 0 Å². The zero-order chi connectivity index (χ0) is 42.3. The molecule has 6 N–H and O–H groups in total. The molecule has 0 aliphatic carbocycles. The second-order valence-electron chi connectivity index (χ2n) is 16.2. The van der Waals surface area contributed by atoms with E-state index in [0.717, 1.165) is 79.0 Å². The lowest BCUT2D eigenvalue weighted by Crippen LogP contribution is -2.05. The molecule has 9 heteroatoms. The molecule has 0 saturated carbocycles. The summed E-state index contributed by atoms with van der Waals surface area (Å²) in [5.74, 6) is 0.380. The molecule has 6 heterocycles. The minimum atomic E-state index is 0.0296. The van der Waals surface area contributed by atoms with Gasteiger partial charge in [0.25, 0.3) is 0 Å². The molecule has 7 aromatic rings. The SMILES string of the molecule is CCCCCCCCCCCCc1ccc(-c2c3nc(c(-c4ccccc4)c4ccc([nH]4)c(-c4nc(N)nc(N)n4)c4nc(c(-c5ccccc5)c5ccc2[nH]5)C=C4)C=C3)cc1. The Morgan fingerprint density at radius 3 is 1.23 bits per heavy atom. The van der Waals surface area contributed by atoms with Gasteiger partial charge in [0.1, 0.15) is 0 Å². The zero-order valence-electron chi connectivity index (χ0n) is 35.4. The number of aromatic nitrogens is 7. The molecular weight excluding hydrogens is 763 g/mol. The van der Waals surface area contributed by atoms with Crippen molar-refractivity contribution in [3.05, 3.63) is 138 Å². The van der Waals surface area contributed by atoms with E-state index in [1.807, 2.05) is 54.6 Å². The van der Waals surface area contributed by atoms with Gasteiger partial charge in [-0.05, 0) is 83.7 Å². The summed E-state index contributed by atoms with van der Waals surface area (Å²) in [6.07, 6.45) is 22.7. The summed E-state index contributed by atoms with van der Waals surface area (Å²) in [5, 5.41) is 0. The molecule has 0 fully saturated rings. The van der Waals surface area contributed by atoms with Crippen LogP contribution in [-0.2, 0) is 6.42 Å². The molecule has 4 aromatic heterocycles. The molecule has 8 bridgehead atoms. The van der Waals surface area contributed by atoms with Crippen LogP contribution < -0.4 is 11.5 Å². The fraction of sp³-hybridized carbons (Fsp3) is 0.226. The van der Waals surface area contributed by atoms with Crippen LogP contribution in [-0.4, -0.2) is 34.9 Å². The first-order valence-electron chi connectivity index (χ1n) is 22.2. The van der Waals surface area contributed by atoms with Crippen LogP contribution in [0.25, 0.3) is 91.1 Å². The van der Waals surface area contributed by atoms with Crippen LogP contribution in [0.1, 0.15) is 99.5 Å². The highest BCUT2D eigenvalue weighted by molar-refractivity contribution is 5.99. The molecule has 0 unspecified atom stereocenters. The second kappa shape index (κ2) is 18.6. The molecule has 9 rings (SSSR count). The van der Waals surface area contributed by atoms with Crippen LogP contribution >= 0.6 is 0 Å². The number of nitrogens with zero attached hydrogens (tertiary/aromatic N) is 5. The number of unbranched alkanes of at least 4 members (excludes halogenated alkanes) is 9. The largest absolute Gasteiger partial charge is 0.368 e. The Bertz CT molecular complexity index is 2850. The van der Waals surface area contributed by atoms with E-state index < -0.39 is 0 Å². The Morgan fingerprint density at radius 1 is 0.387 bits per heavy atom. The number of nitrogen functional groups attached to an aromatic ring is 2. The van der Waals surface area contributed by atoms with Crippen molar-refractivity contribution >= 4 is 58.3 Å². The van der Waals surface area contributed by atoms with E-state index in [1.54, 1.807) is 0 Å². The number of hydrogen-bond donors (Lipinski definition) is 4. The van der Waals surface area contributed by atoms with Crippen LogP contribution in [0, 0.1) is 0 Å². The van der Waals surface area contributed by atoms with E-state index >= 15 is 0 Å². The van der Waals surface area contributed by atoms with Crippen molar-refractivity contribution in [3.63, 3.8) is 0 Å². The lowest BCUT2D eigenvalue weighted by atomic mass is 9.99. The third-order valence-corrected chi connectivity index (χ3v) is 11.8. The summed E-state index contributed by atoms with van der Waals surface area (Å²) in [6.45, 7) is 2.28. The van der Waals surface area contributed by atoms with E-state index in [9.17, 15) is 0 Å². The third kappa shape index (κ3) is 8.84. The van der Waals surface area contributed by atoms with Gasteiger partial charge >= 0.3 is 0 Å². The van der Waals surface area contributed by atoms with E-state index in [4.69, 9.17) is 21.4 Å². The summed E-state index contributed by atoms with van der Waals surface area (Å²) >= 11 is 0. The smallest absolute Gasteiger partial charge is 0.225 e. The highest BCUT2D eigenvalue weighted by Crippen LogP contribution is 2.38. The lowest BCUT2D eigenvalue weighted by Gasteiger charge is -2.08. The summed E-state index contributed by atoms with van der Waals surface area (Å²) < 4.78 is 0. The minimum Gasteiger partial charge on any atom is -0.368 e. The number of rotatable bonds is 15. The van der Waals surface area contributed by atoms with E-state index in [-0.39, 0.29) is 11.9 Å². The van der Waals surface area contributed by atoms with Crippen molar-refractivity contribution in [1.29, 1.82) is 0 Å². The van der Waals surface area contributed by atoms with E-state index in [2.05, 4.69) is 111 Å². The predicted octanol–water partition coefficient (Wildman–Crippen LogP) is 13.1. The molecule has 3 aromatic carbocycles. The predicted molar refractivity (Wildman–Crippen MR) is 258 cm³/mol. The van der Waals surface area contributed by atoms with Crippen LogP contribution in [0.2, 0.25) is 0 Å². The van der Waals surface area contributed by atoms with Gasteiger partial charge in [0.05, 0.1) is 33.9 Å². The third-order valence-electron chi connectivity index (χ3n) is 11.8. The number of nitrogens with two attached hydrogens (primary N) is 2. The summed E-state index contributed by atoms with van der Waals surface area (Å²) in [6, 6.07) is 38.2. The maximum atomic E-state index is 6.16. The monoisotopic (exact) mass is 815 g/mol. The van der Waals surface area contributed by atoms with E-state index in [1.165, 1.54) is 69.8 Å². The van der Waals surface area contributed by atoms with Crippen molar-refractivity contribution < 1.29 is 0 Å². The molecule has 62 heavy (non-hydrogen) atoms. The topological polar surface area (TPSA) is 148 Å². The minimum absolute atomic E-state index is 0.0296. The Hall–Kier alpha value is -7.13. The van der Waals surface area contributed by atoms with Gasteiger partial charge in [-0.15, -0.1) is 0 Å². The molecule has 9 nitrogen and oxygen atoms in total. The maximum absolute atomic E-state index is 6.16. The molecule has 0 atom stereocenters. The normalized spacial score (nSPS) is 12.0. The fourth-order valence-electron chi connectivity index (χ4n) is 8.74. The molecule has 0 radical (unpaired) electrons. The van der Waals surface area contributed by atoms with Gasteiger partial charge in [-0.3, -0.25) is 0 Å². The number of H-pyrrole nitrogens is 2. The molecule has 0 amide bonds. The maximum Gasteiger partial charge on any atom is 0.225 e. The average molecular weight is 816 g/mol. The Morgan fingerprint density at radius 2 is 0.774 bits per heavy atom. The quantitative estimate of drug-likeness (QED) is 0.0753. The molecule has 0 spiro atoms. The van der Waals surface area contributed by atoms with Crippen LogP contribution in [0.15, 0.2) is 109 Å². The number of hydrogen-bond acceptors (Lipinski definition) is 7. The van der Waals surface area contributed by atoms with Gasteiger partial charge in [-0.1, -0.05) is 150 Å². The Balaban J connectivity index is 1.20. The molecule has 310 valence electrons. The van der Waals surface area contributed by atoms with Gasteiger partial charge < -0.3 is 21.4 Å². The van der Waals surface area contributed by atoms with Crippen LogP contribution in [0.5, 0.6) is 0 Å². The highest BCUT2D eigenvalue weighted by Gasteiger charge is 2.20. The lowest BCUT2D eigenvalue weighted by molar-refractivity contribution is 0.556. The van der Waals surface area contributed by atoms with Crippen LogP contribution in [0.4, 0.5) is 11.9 Å². The second-order valence-corrected chi connectivity index (χ2v) is 16.2. The molecule has 0 saturated heterocycles. The Kier molecular flexibility index (Phi) is 12.1. The summed E-state index contributed by atoms with van der Waals surface area (Å²) in [4.78, 5) is 31.4. The number of anilines is 2. The summed E-state index contributed by atoms with van der Waals surface area (Å²) in [7, 11) is 0. The van der Waals surface area contributed by atoms with Gasteiger partial charge in [-0.25, -0.2) is 9.97 Å². The number of nitrogens with one attached hydrogen (secondary N) is 2. The average Bonchev–Trinajstić information content (AvgIpc) is 4.14.